The highest BCUT2D eigenvalue weighted by Crippen LogP contribution is 2.26. The average Bonchev–Trinajstić information content (AvgIpc) is 3.12. The molecule has 0 aliphatic carbocycles. The average molecular weight is 359 g/mol. The molecule has 4 nitrogen and oxygen atoms in total. The molecule has 0 radical (unpaired) electrons. The smallest absolute Gasteiger partial charge is 0.220 e. The van der Waals surface area contributed by atoms with E-state index in [1.54, 1.807) is 35.6 Å². The summed E-state index contributed by atoms with van der Waals surface area (Å²) in [6.07, 6.45) is 0.399. The van der Waals surface area contributed by atoms with Gasteiger partial charge in [0.05, 0.1) is 12.6 Å². The Hall–Kier alpha value is -2.14. The maximum absolute atomic E-state index is 12.2. The van der Waals surface area contributed by atoms with Crippen molar-refractivity contribution < 1.29 is 14.3 Å². The van der Waals surface area contributed by atoms with Crippen molar-refractivity contribution in [3.05, 3.63) is 52.2 Å². The van der Waals surface area contributed by atoms with Crippen LogP contribution in [0.1, 0.15) is 54.9 Å². The summed E-state index contributed by atoms with van der Waals surface area (Å²) in [5, 5.41) is 5.06. The molecule has 0 saturated carbocycles. The van der Waals surface area contributed by atoms with Crippen molar-refractivity contribution in [2.24, 2.45) is 5.92 Å². The Balaban J connectivity index is 1.87. The molecule has 1 amide bonds. The van der Waals surface area contributed by atoms with Gasteiger partial charge in [0.15, 0.2) is 5.78 Å². The Labute approximate surface area is 153 Å². The number of nitrogens with one attached hydrogen (secondary N) is 1. The van der Waals surface area contributed by atoms with Gasteiger partial charge in [0.25, 0.3) is 0 Å². The molecule has 5 heteroatoms. The molecule has 2 aromatic rings. The van der Waals surface area contributed by atoms with E-state index in [1.807, 2.05) is 24.4 Å². The quantitative estimate of drug-likeness (QED) is 0.665. The SMILES string of the molecule is CCOc1ccc(C(=O)CCC(=O)N[C@@H](c2cccs2)C(C)C)cc1. The van der Waals surface area contributed by atoms with Gasteiger partial charge >= 0.3 is 0 Å². The van der Waals surface area contributed by atoms with E-state index in [2.05, 4.69) is 19.2 Å². The van der Waals surface area contributed by atoms with Gasteiger partial charge in [0.2, 0.25) is 5.91 Å². The van der Waals surface area contributed by atoms with Crippen molar-refractivity contribution in [3.8, 4) is 5.75 Å². The number of carbonyl (C=O) groups excluding carboxylic acids is 2. The highest BCUT2D eigenvalue weighted by molar-refractivity contribution is 7.10. The molecule has 1 atom stereocenters. The van der Waals surface area contributed by atoms with Crippen LogP contribution in [-0.2, 0) is 4.79 Å². The lowest BCUT2D eigenvalue weighted by Crippen LogP contribution is -2.31. The molecule has 0 unspecified atom stereocenters. The number of ketones is 1. The molecule has 1 aromatic heterocycles. The number of carbonyl (C=O) groups is 2. The van der Waals surface area contributed by atoms with E-state index in [4.69, 9.17) is 4.74 Å². The van der Waals surface area contributed by atoms with E-state index < -0.39 is 0 Å². The second-order valence-corrected chi connectivity index (χ2v) is 7.16. The van der Waals surface area contributed by atoms with Gasteiger partial charge in [-0.15, -0.1) is 11.3 Å². The summed E-state index contributed by atoms with van der Waals surface area (Å²) in [5.41, 5.74) is 0.606. The molecule has 0 bridgehead atoms. The third-order valence-corrected chi connectivity index (χ3v) is 4.85. The van der Waals surface area contributed by atoms with Gasteiger partial charge in [-0.2, -0.15) is 0 Å². The minimum atomic E-state index is -0.0913. The lowest BCUT2D eigenvalue weighted by molar-refractivity contribution is -0.122. The largest absolute Gasteiger partial charge is 0.494 e. The normalized spacial score (nSPS) is 12.0. The number of amides is 1. The molecule has 0 aliphatic heterocycles. The van der Waals surface area contributed by atoms with Gasteiger partial charge in [-0.1, -0.05) is 19.9 Å². The fourth-order valence-electron chi connectivity index (χ4n) is 2.56. The Morgan fingerprint density at radius 1 is 1.12 bits per heavy atom. The zero-order valence-electron chi connectivity index (χ0n) is 15.0. The second-order valence-electron chi connectivity index (χ2n) is 6.19. The molecule has 1 N–H and O–H groups in total. The molecule has 2 rings (SSSR count). The second kappa shape index (κ2) is 9.37. The lowest BCUT2D eigenvalue weighted by Gasteiger charge is -2.21. The first-order chi connectivity index (χ1) is 12.0. The highest BCUT2D eigenvalue weighted by Gasteiger charge is 2.19. The van der Waals surface area contributed by atoms with Gasteiger partial charge in [-0.3, -0.25) is 9.59 Å². The van der Waals surface area contributed by atoms with Crippen molar-refractivity contribution >= 4 is 23.0 Å². The first kappa shape index (κ1) is 19.2. The zero-order valence-corrected chi connectivity index (χ0v) is 15.8. The van der Waals surface area contributed by atoms with Crippen LogP contribution in [0.25, 0.3) is 0 Å². The van der Waals surface area contributed by atoms with Crippen molar-refractivity contribution in [1.29, 1.82) is 0 Å². The third-order valence-electron chi connectivity index (χ3n) is 3.90. The molecular formula is C20H25NO3S. The fraction of sp³-hybridized carbons (Fsp3) is 0.400. The summed E-state index contributed by atoms with van der Waals surface area (Å²) >= 11 is 1.63. The summed E-state index contributed by atoms with van der Waals surface area (Å²) in [5.74, 6) is 0.915. The molecule has 0 saturated heterocycles. The number of benzene rings is 1. The molecule has 0 spiro atoms. The van der Waals surface area contributed by atoms with E-state index in [-0.39, 0.29) is 30.6 Å². The minimum Gasteiger partial charge on any atom is -0.494 e. The predicted octanol–water partition coefficient (Wildman–Crippen LogP) is 4.62. The Morgan fingerprint density at radius 3 is 2.40 bits per heavy atom. The summed E-state index contributed by atoms with van der Waals surface area (Å²) in [7, 11) is 0. The van der Waals surface area contributed by atoms with Crippen LogP contribution in [0.5, 0.6) is 5.75 Å². The van der Waals surface area contributed by atoms with E-state index in [0.29, 0.717) is 18.1 Å². The van der Waals surface area contributed by atoms with E-state index in [1.165, 1.54) is 0 Å². The molecule has 1 heterocycles. The van der Waals surface area contributed by atoms with Crippen LogP contribution in [0.15, 0.2) is 41.8 Å². The van der Waals surface area contributed by atoms with Gasteiger partial charge < -0.3 is 10.1 Å². The number of ether oxygens (including phenoxy) is 1. The summed E-state index contributed by atoms with van der Waals surface area (Å²) < 4.78 is 5.37. The molecule has 0 fully saturated rings. The van der Waals surface area contributed by atoms with Crippen molar-refractivity contribution in [2.75, 3.05) is 6.61 Å². The molecule has 0 aliphatic rings. The van der Waals surface area contributed by atoms with Crippen LogP contribution in [-0.4, -0.2) is 18.3 Å². The van der Waals surface area contributed by atoms with Gasteiger partial charge in [-0.25, -0.2) is 0 Å². The van der Waals surface area contributed by atoms with Crippen LogP contribution >= 0.6 is 11.3 Å². The van der Waals surface area contributed by atoms with Crippen LogP contribution in [0, 0.1) is 5.92 Å². The van der Waals surface area contributed by atoms with Crippen molar-refractivity contribution in [3.63, 3.8) is 0 Å². The van der Waals surface area contributed by atoms with Crippen LogP contribution < -0.4 is 10.1 Å². The zero-order chi connectivity index (χ0) is 18.2. The Morgan fingerprint density at radius 2 is 1.84 bits per heavy atom. The minimum absolute atomic E-state index is 0.00641. The Bertz CT molecular complexity index is 677. The fourth-order valence-corrected chi connectivity index (χ4v) is 3.50. The number of hydrogen-bond acceptors (Lipinski definition) is 4. The maximum Gasteiger partial charge on any atom is 0.220 e. The first-order valence-electron chi connectivity index (χ1n) is 8.60. The third kappa shape index (κ3) is 5.71. The molecule has 134 valence electrons. The molecule has 25 heavy (non-hydrogen) atoms. The summed E-state index contributed by atoms with van der Waals surface area (Å²) in [6, 6.07) is 11.1. The molecule has 1 aromatic carbocycles. The van der Waals surface area contributed by atoms with Gasteiger partial charge in [-0.05, 0) is 48.6 Å². The monoisotopic (exact) mass is 359 g/mol. The van der Waals surface area contributed by atoms with Crippen LogP contribution in [0.2, 0.25) is 0 Å². The number of Topliss-reactive ketones (excluding diaryl/α,β-unsaturated/α-hetero) is 1. The predicted molar refractivity (Wildman–Crippen MR) is 101 cm³/mol. The van der Waals surface area contributed by atoms with Crippen molar-refractivity contribution in [2.45, 2.75) is 39.7 Å². The molecular weight excluding hydrogens is 334 g/mol. The topological polar surface area (TPSA) is 55.4 Å². The first-order valence-corrected chi connectivity index (χ1v) is 9.48. The number of hydrogen-bond donors (Lipinski definition) is 1. The van der Waals surface area contributed by atoms with E-state index >= 15 is 0 Å². The summed E-state index contributed by atoms with van der Waals surface area (Å²) in [4.78, 5) is 25.6. The van der Waals surface area contributed by atoms with Crippen LogP contribution in [0.3, 0.4) is 0 Å². The number of rotatable bonds is 9. The van der Waals surface area contributed by atoms with E-state index in [9.17, 15) is 9.59 Å². The summed E-state index contributed by atoms with van der Waals surface area (Å²) in [6.45, 7) is 6.67. The van der Waals surface area contributed by atoms with Crippen LogP contribution in [0.4, 0.5) is 0 Å². The van der Waals surface area contributed by atoms with Crippen molar-refractivity contribution in [1.82, 2.24) is 5.32 Å². The Kier molecular flexibility index (Phi) is 7.19. The van der Waals surface area contributed by atoms with Gasteiger partial charge in [0.1, 0.15) is 5.75 Å². The maximum atomic E-state index is 12.2. The standard InChI is InChI=1S/C20H25NO3S/c1-4-24-16-9-7-15(8-10-16)17(22)11-12-19(23)21-20(14(2)3)18-6-5-13-25-18/h5-10,13-14,20H,4,11-12H2,1-3H3,(H,21,23)/t20-/m1/s1. The van der Waals surface area contributed by atoms with Gasteiger partial charge in [0, 0.05) is 23.3 Å². The van der Waals surface area contributed by atoms with E-state index in [0.717, 1.165) is 10.6 Å². The number of thiophene rings is 1. The lowest BCUT2D eigenvalue weighted by atomic mass is 10.0. The highest BCUT2D eigenvalue weighted by atomic mass is 32.1.